The zero-order valence-electron chi connectivity index (χ0n) is 10.9. The van der Waals surface area contributed by atoms with Crippen LogP contribution in [-0.2, 0) is 9.63 Å². The summed E-state index contributed by atoms with van der Waals surface area (Å²) in [6.07, 6.45) is 0. The number of ether oxygens (including phenoxy) is 1. The van der Waals surface area contributed by atoms with Crippen LogP contribution in [0.2, 0.25) is 0 Å². The fourth-order valence-corrected chi connectivity index (χ4v) is 1.21. The van der Waals surface area contributed by atoms with Gasteiger partial charge in [-0.05, 0) is 24.1 Å². The van der Waals surface area contributed by atoms with Gasteiger partial charge in [0.2, 0.25) is 0 Å². The van der Waals surface area contributed by atoms with Crippen LogP contribution in [0.5, 0.6) is 5.75 Å². The van der Waals surface area contributed by atoms with Gasteiger partial charge in [0.1, 0.15) is 5.75 Å². The van der Waals surface area contributed by atoms with Crippen LogP contribution in [0.4, 0.5) is 0 Å². The van der Waals surface area contributed by atoms with Gasteiger partial charge < -0.3 is 9.84 Å². The molecule has 0 aliphatic rings. The third-order valence-electron chi connectivity index (χ3n) is 2.04. The molecule has 0 fully saturated rings. The number of nitrogens with one attached hydrogen (secondary N) is 1. The number of amides is 1. The van der Waals surface area contributed by atoms with E-state index in [2.05, 4.69) is 4.84 Å². The number of carbonyl (C=O) groups is 2. The minimum absolute atomic E-state index is 0.339. The molecule has 1 aromatic carbocycles. The van der Waals surface area contributed by atoms with Gasteiger partial charge in [0.15, 0.2) is 6.61 Å². The van der Waals surface area contributed by atoms with E-state index in [0.29, 0.717) is 23.8 Å². The summed E-state index contributed by atoms with van der Waals surface area (Å²) in [5.41, 5.74) is 2.39. The number of aliphatic carboxylic acids is 1. The van der Waals surface area contributed by atoms with E-state index in [1.54, 1.807) is 24.3 Å². The van der Waals surface area contributed by atoms with Crippen molar-refractivity contribution >= 4 is 11.9 Å². The zero-order valence-corrected chi connectivity index (χ0v) is 10.9. The molecule has 0 spiro atoms. The lowest BCUT2D eigenvalue weighted by Gasteiger charge is -2.10. The first-order chi connectivity index (χ1) is 8.99. The van der Waals surface area contributed by atoms with E-state index in [9.17, 15) is 9.59 Å². The summed E-state index contributed by atoms with van der Waals surface area (Å²) in [5.74, 6) is -0.707. The minimum Gasteiger partial charge on any atom is -0.493 e. The van der Waals surface area contributed by atoms with Crippen LogP contribution in [0, 0.1) is 5.92 Å². The summed E-state index contributed by atoms with van der Waals surface area (Å²) in [5, 5.41) is 8.37. The Morgan fingerprint density at radius 1 is 1.37 bits per heavy atom. The summed E-state index contributed by atoms with van der Waals surface area (Å²) < 4.78 is 5.49. The van der Waals surface area contributed by atoms with Gasteiger partial charge in [-0.25, -0.2) is 10.3 Å². The molecule has 2 N–H and O–H groups in total. The van der Waals surface area contributed by atoms with E-state index in [-0.39, 0.29) is 0 Å². The molecule has 0 aromatic heterocycles. The summed E-state index contributed by atoms with van der Waals surface area (Å²) in [6, 6.07) is 6.59. The topological polar surface area (TPSA) is 84.9 Å². The lowest BCUT2D eigenvalue weighted by Crippen LogP contribution is -2.26. The molecule has 1 rings (SSSR count). The Kier molecular flexibility index (Phi) is 5.81. The molecular weight excluding hydrogens is 250 g/mol. The molecule has 104 valence electrons. The molecule has 0 saturated carbocycles. The lowest BCUT2D eigenvalue weighted by atomic mass is 10.2. The third-order valence-corrected chi connectivity index (χ3v) is 2.04. The maximum absolute atomic E-state index is 11.6. The molecule has 0 bridgehead atoms. The molecule has 0 radical (unpaired) electrons. The van der Waals surface area contributed by atoms with E-state index < -0.39 is 18.5 Å². The van der Waals surface area contributed by atoms with Gasteiger partial charge in [0.05, 0.1) is 6.61 Å². The molecule has 19 heavy (non-hydrogen) atoms. The normalized spacial score (nSPS) is 10.3. The van der Waals surface area contributed by atoms with Gasteiger partial charge in [0.25, 0.3) is 5.91 Å². The van der Waals surface area contributed by atoms with Crippen LogP contribution in [0.1, 0.15) is 24.2 Å². The number of carbonyl (C=O) groups excluding carboxylic acids is 1. The standard InChI is InChI=1S/C13H17NO5/c1-9(2)7-18-11-5-3-4-10(6-11)13(17)14-19-8-12(15)16/h3-6,9H,7-8H2,1-2H3,(H,14,17)(H,15,16). The number of carboxylic acids is 1. The average Bonchev–Trinajstić information content (AvgIpc) is 2.36. The van der Waals surface area contributed by atoms with Crippen molar-refractivity contribution in [3.05, 3.63) is 29.8 Å². The van der Waals surface area contributed by atoms with Crippen molar-refractivity contribution in [2.75, 3.05) is 13.2 Å². The second-order valence-corrected chi connectivity index (χ2v) is 4.35. The van der Waals surface area contributed by atoms with E-state index in [1.165, 1.54) is 0 Å². The van der Waals surface area contributed by atoms with Crippen LogP contribution in [0.3, 0.4) is 0 Å². The summed E-state index contributed by atoms with van der Waals surface area (Å²) in [6.45, 7) is 4.02. The van der Waals surface area contributed by atoms with Gasteiger partial charge >= 0.3 is 5.97 Å². The van der Waals surface area contributed by atoms with Crippen molar-refractivity contribution in [2.24, 2.45) is 5.92 Å². The predicted octanol–water partition coefficient (Wildman–Crippen LogP) is 1.47. The van der Waals surface area contributed by atoms with Gasteiger partial charge in [-0.2, -0.15) is 0 Å². The molecular formula is C13H17NO5. The maximum Gasteiger partial charge on any atom is 0.332 e. The lowest BCUT2D eigenvalue weighted by molar-refractivity contribution is -0.144. The number of hydroxylamine groups is 1. The first kappa shape index (κ1) is 15.0. The Balaban J connectivity index is 2.55. The molecule has 0 atom stereocenters. The van der Waals surface area contributed by atoms with Crippen LogP contribution >= 0.6 is 0 Å². The smallest absolute Gasteiger partial charge is 0.332 e. The molecule has 6 nitrogen and oxygen atoms in total. The van der Waals surface area contributed by atoms with E-state index in [1.807, 2.05) is 19.3 Å². The monoisotopic (exact) mass is 267 g/mol. The van der Waals surface area contributed by atoms with Crippen LogP contribution in [0.25, 0.3) is 0 Å². The van der Waals surface area contributed by atoms with Crippen molar-refractivity contribution < 1.29 is 24.3 Å². The van der Waals surface area contributed by atoms with Gasteiger partial charge in [-0.3, -0.25) is 9.63 Å². The summed E-state index contributed by atoms with van der Waals surface area (Å²) in [7, 11) is 0. The van der Waals surface area contributed by atoms with Crippen molar-refractivity contribution in [3.63, 3.8) is 0 Å². The first-order valence-corrected chi connectivity index (χ1v) is 5.86. The Bertz CT molecular complexity index is 444. The van der Waals surface area contributed by atoms with E-state index in [4.69, 9.17) is 9.84 Å². The number of carboxylic acid groups (broad SMARTS) is 1. The molecule has 0 aliphatic carbocycles. The fraction of sp³-hybridized carbons (Fsp3) is 0.385. The molecule has 0 heterocycles. The van der Waals surface area contributed by atoms with Crippen molar-refractivity contribution in [1.29, 1.82) is 0 Å². The van der Waals surface area contributed by atoms with Crippen LogP contribution in [0.15, 0.2) is 24.3 Å². The second kappa shape index (κ2) is 7.38. The first-order valence-electron chi connectivity index (χ1n) is 5.86. The molecule has 0 aliphatic heterocycles. The third kappa shape index (κ3) is 5.87. The van der Waals surface area contributed by atoms with E-state index in [0.717, 1.165) is 0 Å². The van der Waals surface area contributed by atoms with Crippen molar-refractivity contribution in [3.8, 4) is 5.75 Å². The molecule has 1 aromatic rings. The number of hydrogen-bond acceptors (Lipinski definition) is 4. The van der Waals surface area contributed by atoms with Gasteiger partial charge in [-0.1, -0.05) is 19.9 Å². The second-order valence-electron chi connectivity index (χ2n) is 4.35. The SMILES string of the molecule is CC(C)COc1cccc(C(=O)NOCC(=O)O)c1. The summed E-state index contributed by atoms with van der Waals surface area (Å²) in [4.78, 5) is 26.4. The molecule has 0 saturated heterocycles. The molecule has 1 amide bonds. The summed E-state index contributed by atoms with van der Waals surface area (Å²) >= 11 is 0. The number of hydrogen-bond donors (Lipinski definition) is 2. The van der Waals surface area contributed by atoms with Crippen molar-refractivity contribution in [2.45, 2.75) is 13.8 Å². The Morgan fingerprint density at radius 3 is 2.74 bits per heavy atom. The Labute approximate surface area is 111 Å². The highest BCUT2D eigenvalue weighted by Gasteiger charge is 2.08. The highest BCUT2D eigenvalue weighted by atomic mass is 16.7. The zero-order chi connectivity index (χ0) is 14.3. The molecule has 0 unspecified atom stereocenters. The van der Waals surface area contributed by atoms with Gasteiger partial charge in [0, 0.05) is 5.56 Å². The maximum atomic E-state index is 11.6. The average molecular weight is 267 g/mol. The minimum atomic E-state index is -1.16. The van der Waals surface area contributed by atoms with Crippen molar-refractivity contribution in [1.82, 2.24) is 5.48 Å². The van der Waals surface area contributed by atoms with Crippen LogP contribution < -0.4 is 10.2 Å². The largest absolute Gasteiger partial charge is 0.493 e. The highest BCUT2D eigenvalue weighted by Crippen LogP contribution is 2.14. The van der Waals surface area contributed by atoms with Crippen LogP contribution in [-0.4, -0.2) is 30.2 Å². The van der Waals surface area contributed by atoms with Gasteiger partial charge in [-0.15, -0.1) is 0 Å². The Morgan fingerprint density at radius 2 is 2.11 bits per heavy atom. The Hall–Kier alpha value is -2.08. The highest BCUT2D eigenvalue weighted by molar-refractivity contribution is 5.93. The predicted molar refractivity (Wildman–Crippen MR) is 67.8 cm³/mol. The molecule has 6 heteroatoms. The number of benzene rings is 1. The van der Waals surface area contributed by atoms with E-state index >= 15 is 0 Å². The quantitative estimate of drug-likeness (QED) is 0.731. The fourth-order valence-electron chi connectivity index (χ4n) is 1.21. The number of rotatable bonds is 7.